The van der Waals surface area contributed by atoms with Gasteiger partial charge in [0.15, 0.2) is 11.3 Å². The second kappa shape index (κ2) is 3.70. The highest BCUT2D eigenvalue weighted by molar-refractivity contribution is 5.90. The van der Waals surface area contributed by atoms with Crippen LogP contribution in [0.2, 0.25) is 0 Å². The predicted molar refractivity (Wildman–Crippen MR) is 60.4 cm³/mol. The van der Waals surface area contributed by atoms with Crippen molar-refractivity contribution < 1.29 is 13.2 Å². The molecular weight excluding hydrogens is 261 g/mol. The monoisotopic (exact) mass is 268 g/mol. The van der Waals surface area contributed by atoms with E-state index >= 15 is 0 Å². The van der Waals surface area contributed by atoms with E-state index in [1.165, 1.54) is 24.5 Å². The van der Waals surface area contributed by atoms with E-state index in [1.807, 2.05) is 0 Å². The number of hydrogen-bond acceptors (Lipinski definition) is 4. The molecule has 98 valence electrons. The number of nitrogens with one attached hydrogen (secondary N) is 1. The van der Waals surface area contributed by atoms with Crippen LogP contribution in [0.25, 0.3) is 16.7 Å². The molecule has 0 bridgehead atoms. The van der Waals surface area contributed by atoms with Crippen LogP contribution in [-0.2, 0) is 6.18 Å². The van der Waals surface area contributed by atoms with Gasteiger partial charge in [0.05, 0.1) is 11.1 Å². The van der Waals surface area contributed by atoms with E-state index in [4.69, 9.17) is 5.73 Å². The zero-order chi connectivity index (χ0) is 13.6. The molecule has 0 unspecified atom stereocenters. The van der Waals surface area contributed by atoms with Gasteiger partial charge in [-0.25, -0.2) is 4.68 Å². The quantitative estimate of drug-likeness (QED) is 0.704. The van der Waals surface area contributed by atoms with Crippen molar-refractivity contribution in [2.75, 3.05) is 5.73 Å². The van der Waals surface area contributed by atoms with Crippen LogP contribution in [0.1, 0.15) is 5.69 Å². The smallest absolute Gasteiger partial charge is 0.383 e. The fraction of sp³-hybridized carbons (Fsp3) is 0.100. The summed E-state index contributed by atoms with van der Waals surface area (Å²) in [6.45, 7) is 0. The minimum absolute atomic E-state index is 0.0241. The van der Waals surface area contributed by atoms with Gasteiger partial charge in [0.25, 0.3) is 0 Å². The molecule has 3 N–H and O–H groups in total. The highest BCUT2D eigenvalue weighted by Gasteiger charge is 2.39. The second-order valence-electron chi connectivity index (χ2n) is 3.80. The molecule has 19 heavy (non-hydrogen) atoms. The Morgan fingerprint density at radius 3 is 2.53 bits per heavy atom. The van der Waals surface area contributed by atoms with Crippen molar-refractivity contribution in [3.8, 4) is 5.69 Å². The van der Waals surface area contributed by atoms with Gasteiger partial charge >= 0.3 is 6.18 Å². The van der Waals surface area contributed by atoms with Crippen LogP contribution in [-0.4, -0.2) is 25.0 Å². The number of anilines is 1. The summed E-state index contributed by atoms with van der Waals surface area (Å²) in [6.07, 6.45) is -1.70. The Kier molecular flexibility index (Phi) is 2.24. The topological polar surface area (TPSA) is 85.4 Å². The molecule has 3 rings (SSSR count). The van der Waals surface area contributed by atoms with Crippen LogP contribution in [0.4, 0.5) is 19.0 Å². The Labute approximate surface area is 104 Å². The summed E-state index contributed by atoms with van der Waals surface area (Å²) >= 11 is 0. The predicted octanol–water partition coefficient (Wildman–Crippen LogP) is 1.74. The Morgan fingerprint density at radius 2 is 1.89 bits per heavy atom. The largest absolute Gasteiger partial charge is 0.436 e. The number of aromatic amines is 1. The van der Waals surface area contributed by atoms with Gasteiger partial charge in [0.1, 0.15) is 5.82 Å². The van der Waals surface area contributed by atoms with Gasteiger partial charge in [-0.1, -0.05) is 0 Å². The summed E-state index contributed by atoms with van der Waals surface area (Å²) in [5.74, 6) is -0.164. The van der Waals surface area contributed by atoms with Crippen LogP contribution in [0.3, 0.4) is 0 Å². The van der Waals surface area contributed by atoms with E-state index in [2.05, 4.69) is 20.3 Å². The summed E-state index contributed by atoms with van der Waals surface area (Å²) in [5.41, 5.74) is 4.86. The zero-order valence-corrected chi connectivity index (χ0v) is 9.31. The van der Waals surface area contributed by atoms with Crippen molar-refractivity contribution in [3.63, 3.8) is 0 Å². The van der Waals surface area contributed by atoms with E-state index in [9.17, 15) is 13.2 Å². The normalized spacial score (nSPS) is 12.2. The summed E-state index contributed by atoms with van der Waals surface area (Å²) in [6, 6.07) is 3.05. The number of aromatic nitrogens is 5. The van der Waals surface area contributed by atoms with Gasteiger partial charge in [0.2, 0.25) is 0 Å². The molecule has 0 aliphatic rings. The Bertz CT molecular complexity index is 727. The average molecular weight is 268 g/mol. The van der Waals surface area contributed by atoms with Crippen molar-refractivity contribution in [1.29, 1.82) is 0 Å². The van der Waals surface area contributed by atoms with Crippen molar-refractivity contribution >= 4 is 16.9 Å². The fourth-order valence-electron chi connectivity index (χ4n) is 1.79. The van der Waals surface area contributed by atoms with Crippen molar-refractivity contribution in [2.24, 2.45) is 0 Å². The molecule has 0 saturated heterocycles. The molecule has 3 aromatic rings. The van der Waals surface area contributed by atoms with Crippen molar-refractivity contribution in [3.05, 3.63) is 30.2 Å². The van der Waals surface area contributed by atoms with E-state index in [-0.39, 0.29) is 16.9 Å². The molecule has 0 amide bonds. The lowest BCUT2D eigenvalue weighted by Gasteiger charge is -2.03. The molecule has 0 atom stereocenters. The number of halogens is 3. The SMILES string of the molecule is Nc1[nH]nc2c1c(C(F)(F)F)nn2-c1ccncc1. The molecule has 0 fully saturated rings. The van der Waals surface area contributed by atoms with Crippen LogP contribution in [0.15, 0.2) is 24.5 Å². The van der Waals surface area contributed by atoms with E-state index in [0.717, 1.165) is 4.68 Å². The number of H-pyrrole nitrogens is 1. The lowest BCUT2D eigenvalue weighted by atomic mass is 10.3. The Hall–Kier alpha value is -2.58. The van der Waals surface area contributed by atoms with Crippen LogP contribution >= 0.6 is 0 Å². The highest BCUT2D eigenvalue weighted by atomic mass is 19.4. The van der Waals surface area contributed by atoms with Crippen molar-refractivity contribution in [1.82, 2.24) is 25.0 Å². The molecule has 0 aromatic carbocycles. The molecule has 0 spiro atoms. The number of alkyl halides is 3. The van der Waals surface area contributed by atoms with Gasteiger partial charge in [-0.2, -0.15) is 23.4 Å². The number of nitrogen functional groups attached to an aromatic ring is 1. The number of rotatable bonds is 1. The number of hydrogen-bond donors (Lipinski definition) is 2. The van der Waals surface area contributed by atoms with E-state index < -0.39 is 11.9 Å². The van der Waals surface area contributed by atoms with E-state index in [0.29, 0.717) is 5.69 Å². The third-order valence-electron chi connectivity index (χ3n) is 2.59. The minimum Gasteiger partial charge on any atom is -0.383 e. The molecule has 0 saturated carbocycles. The molecule has 3 aromatic heterocycles. The zero-order valence-electron chi connectivity index (χ0n) is 9.31. The molecule has 3 heterocycles. The first-order valence-corrected chi connectivity index (χ1v) is 5.18. The highest BCUT2D eigenvalue weighted by Crippen LogP contribution is 2.36. The maximum absolute atomic E-state index is 12.9. The minimum atomic E-state index is -4.60. The summed E-state index contributed by atoms with van der Waals surface area (Å²) < 4.78 is 39.8. The van der Waals surface area contributed by atoms with Gasteiger partial charge < -0.3 is 5.73 Å². The van der Waals surface area contributed by atoms with Crippen molar-refractivity contribution in [2.45, 2.75) is 6.18 Å². The molecule has 9 heteroatoms. The number of nitrogens with zero attached hydrogens (tertiary/aromatic N) is 4. The molecule has 0 radical (unpaired) electrons. The Balaban J connectivity index is 2.34. The van der Waals surface area contributed by atoms with E-state index in [1.54, 1.807) is 0 Å². The maximum atomic E-state index is 12.9. The number of nitrogens with two attached hydrogens (primary N) is 1. The molecule has 6 nitrogen and oxygen atoms in total. The summed E-state index contributed by atoms with van der Waals surface area (Å²) in [5, 5.41) is 9.41. The average Bonchev–Trinajstić information content (AvgIpc) is 2.91. The maximum Gasteiger partial charge on any atom is 0.436 e. The van der Waals surface area contributed by atoms with Gasteiger partial charge in [0, 0.05) is 12.4 Å². The first kappa shape index (κ1) is 11.5. The first-order chi connectivity index (χ1) is 8.98. The summed E-state index contributed by atoms with van der Waals surface area (Å²) in [7, 11) is 0. The summed E-state index contributed by atoms with van der Waals surface area (Å²) in [4.78, 5) is 3.80. The van der Waals surface area contributed by atoms with Crippen LogP contribution in [0, 0.1) is 0 Å². The standard InChI is InChI=1S/C10H7F3N6/c11-10(12,13)7-6-8(14)16-17-9(6)19(18-7)5-1-3-15-4-2-5/h1-4H,(H3,14,16,17). The van der Waals surface area contributed by atoms with Gasteiger partial charge in [-0.15, -0.1) is 0 Å². The molecule has 0 aliphatic heterocycles. The molecular formula is C10H7F3N6. The molecule has 0 aliphatic carbocycles. The fourth-order valence-corrected chi connectivity index (χ4v) is 1.79. The van der Waals surface area contributed by atoms with Crippen LogP contribution < -0.4 is 5.73 Å². The van der Waals surface area contributed by atoms with Crippen LogP contribution in [0.5, 0.6) is 0 Å². The lowest BCUT2D eigenvalue weighted by molar-refractivity contribution is -0.140. The number of fused-ring (bicyclic) bond motifs is 1. The lowest BCUT2D eigenvalue weighted by Crippen LogP contribution is -2.08. The Morgan fingerprint density at radius 1 is 1.21 bits per heavy atom. The van der Waals surface area contributed by atoms with Gasteiger partial charge in [-0.3, -0.25) is 10.1 Å². The third-order valence-corrected chi connectivity index (χ3v) is 2.59. The van der Waals surface area contributed by atoms with Gasteiger partial charge in [-0.05, 0) is 12.1 Å². The first-order valence-electron chi connectivity index (χ1n) is 5.18. The second-order valence-corrected chi connectivity index (χ2v) is 3.80. The number of pyridine rings is 1. The third kappa shape index (κ3) is 1.70.